The largest absolute Gasteiger partial charge is 0.479 e. The highest BCUT2D eigenvalue weighted by Crippen LogP contribution is 2.24. The van der Waals surface area contributed by atoms with E-state index < -0.39 is 18.0 Å². The number of hydrogen-bond donors (Lipinski definition) is 0. The molecule has 0 N–H and O–H groups in total. The van der Waals surface area contributed by atoms with Crippen LogP contribution in [0.4, 0.5) is 0 Å². The fourth-order valence-electron chi connectivity index (χ4n) is 2.45. The standard InChI is InChI=1S/C20H18O5/c1-3-14-12-17-16(10-7-11-18(17)24-14)20(22)25-19(21)13(2)23-15-8-5-4-6-9-15/h4-13H,3H2,1-2H3. The van der Waals surface area contributed by atoms with Crippen molar-refractivity contribution in [2.24, 2.45) is 0 Å². The van der Waals surface area contributed by atoms with Crippen LogP contribution in [0.2, 0.25) is 0 Å². The van der Waals surface area contributed by atoms with Gasteiger partial charge in [-0.15, -0.1) is 0 Å². The van der Waals surface area contributed by atoms with Crippen LogP contribution in [-0.4, -0.2) is 18.0 Å². The van der Waals surface area contributed by atoms with Gasteiger partial charge in [0.15, 0.2) is 6.10 Å². The molecule has 0 aliphatic heterocycles. The maximum Gasteiger partial charge on any atom is 0.354 e. The van der Waals surface area contributed by atoms with E-state index in [-0.39, 0.29) is 0 Å². The lowest BCUT2D eigenvalue weighted by atomic mass is 10.1. The monoisotopic (exact) mass is 338 g/mol. The van der Waals surface area contributed by atoms with Crippen LogP contribution in [0, 0.1) is 0 Å². The smallest absolute Gasteiger partial charge is 0.354 e. The molecule has 1 heterocycles. The van der Waals surface area contributed by atoms with Crippen molar-refractivity contribution >= 4 is 22.9 Å². The molecule has 0 amide bonds. The molecule has 0 spiro atoms. The number of carbonyl (C=O) groups is 2. The molecule has 1 atom stereocenters. The Bertz CT molecular complexity index is 895. The van der Waals surface area contributed by atoms with E-state index in [1.54, 1.807) is 48.5 Å². The lowest BCUT2D eigenvalue weighted by Gasteiger charge is -2.13. The van der Waals surface area contributed by atoms with Gasteiger partial charge in [-0.2, -0.15) is 0 Å². The molecule has 0 fully saturated rings. The fraction of sp³-hybridized carbons (Fsp3) is 0.200. The van der Waals surface area contributed by atoms with Crippen molar-refractivity contribution in [3.05, 3.63) is 65.9 Å². The zero-order valence-corrected chi connectivity index (χ0v) is 14.0. The molecule has 3 rings (SSSR count). The van der Waals surface area contributed by atoms with Crippen LogP contribution in [0.25, 0.3) is 11.0 Å². The van der Waals surface area contributed by atoms with Crippen molar-refractivity contribution in [3.63, 3.8) is 0 Å². The predicted molar refractivity (Wildman–Crippen MR) is 92.5 cm³/mol. The molecule has 128 valence electrons. The Hall–Kier alpha value is -3.08. The van der Waals surface area contributed by atoms with Crippen LogP contribution >= 0.6 is 0 Å². The van der Waals surface area contributed by atoms with E-state index in [2.05, 4.69) is 0 Å². The topological polar surface area (TPSA) is 65.7 Å². The Morgan fingerprint density at radius 3 is 2.56 bits per heavy atom. The average Bonchev–Trinajstić information content (AvgIpc) is 3.05. The Balaban J connectivity index is 1.73. The molecule has 0 radical (unpaired) electrons. The third-order valence-corrected chi connectivity index (χ3v) is 3.76. The summed E-state index contributed by atoms with van der Waals surface area (Å²) in [5.74, 6) is -0.168. The Kier molecular flexibility index (Phi) is 4.84. The Labute approximate surface area is 145 Å². The van der Waals surface area contributed by atoms with E-state index >= 15 is 0 Å². The molecule has 0 aliphatic carbocycles. The number of benzene rings is 2. The van der Waals surface area contributed by atoms with Crippen molar-refractivity contribution in [1.29, 1.82) is 0 Å². The molecule has 1 aromatic heterocycles. The number of ether oxygens (including phenoxy) is 2. The number of rotatable bonds is 5. The Morgan fingerprint density at radius 2 is 1.84 bits per heavy atom. The van der Waals surface area contributed by atoms with E-state index in [0.717, 1.165) is 5.76 Å². The van der Waals surface area contributed by atoms with Crippen LogP contribution in [0.1, 0.15) is 30.0 Å². The summed E-state index contributed by atoms with van der Waals surface area (Å²) in [7, 11) is 0. The number of carbonyl (C=O) groups excluding carboxylic acids is 2. The number of para-hydroxylation sites is 1. The zero-order valence-electron chi connectivity index (χ0n) is 14.0. The van der Waals surface area contributed by atoms with Gasteiger partial charge >= 0.3 is 11.9 Å². The molecule has 0 saturated carbocycles. The van der Waals surface area contributed by atoms with E-state index in [1.165, 1.54) is 6.92 Å². The molecule has 5 heteroatoms. The molecular formula is C20H18O5. The van der Waals surface area contributed by atoms with Gasteiger partial charge in [0.05, 0.1) is 5.56 Å². The summed E-state index contributed by atoms with van der Waals surface area (Å²) >= 11 is 0. The molecule has 0 bridgehead atoms. The summed E-state index contributed by atoms with van der Waals surface area (Å²) in [5.41, 5.74) is 0.883. The van der Waals surface area contributed by atoms with Crippen molar-refractivity contribution in [2.75, 3.05) is 0 Å². The van der Waals surface area contributed by atoms with Gasteiger partial charge in [0.2, 0.25) is 0 Å². The normalized spacial score (nSPS) is 11.9. The summed E-state index contributed by atoms with van der Waals surface area (Å²) in [6, 6.07) is 15.7. The Morgan fingerprint density at radius 1 is 1.08 bits per heavy atom. The number of fused-ring (bicyclic) bond motifs is 1. The maximum absolute atomic E-state index is 12.4. The first kappa shape index (κ1) is 16.8. The van der Waals surface area contributed by atoms with Crippen molar-refractivity contribution in [2.45, 2.75) is 26.4 Å². The first-order valence-electron chi connectivity index (χ1n) is 8.07. The second kappa shape index (κ2) is 7.21. The number of aryl methyl sites for hydroxylation is 1. The highest BCUT2D eigenvalue weighted by atomic mass is 16.6. The van der Waals surface area contributed by atoms with Gasteiger partial charge < -0.3 is 13.9 Å². The first-order valence-corrected chi connectivity index (χ1v) is 8.07. The fourth-order valence-corrected chi connectivity index (χ4v) is 2.45. The van der Waals surface area contributed by atoms with Gasteiger partial charge in [-0.3, -0.25) is 0 Å². The minimum absolute atomic E-state index is 0.293. The summed E-state index contributed by atoms with van der Waals surface area (Å²) < 4.78 is 16.1. The average molecular weight is 338 g/mol. The van der Waals surface area contributed by atoms with Crippen molar-refractivity contribution < 1.29 is 23.5 Å². The van der Waals surface area contributed by atoms with Gasteiger partial charge in [-0.1, -0.05) is 31.2 Å². The van der Waals surface area contributed by atoms with Crippen molar-refractivity contribution in [1.82, 2.24) is 0 Å². The highest BCUT2D eigenvalue weighted by molar-refractivity contribution is 6.07. The highest BCUT2D eigenvalue weighted by Gasteiger charge is 2.23. The molecule has 2 aromatic carbocycles. The van der Waals surface area contributed by atoms with E-state index in [1.807, 2.05) is 13.0 Å². The summed E-state index contributed by atoms with van der Waals surface area (Å²) in [5, 5.41) is 0.633. The second-order valence-corrected chi connectivity index (χ2v) is 5.57. The number of esters is 2. The summed E-state index contributed by atoms with van der Waals surface area (Å²) in [4.78, 5) is 24.5. The van der Waals surface area contributed by atoms with Crippen LogP contribution in [0.15, 0.2) is 59.0 Å². The van der Waals surface area contributed by atoms with E-state index in [0.29, 0.717) is 28.7 Å². The van der Waals surface area contributed by atoms with Crippen LogP contribution in [0.3, 0.4) is 0 Å². The van der Waals surface area contributed by atoms with Gasteiger partial charge in [-0.05, 0) is 37.3 Å². The molecular weight excluding hydrogens is 320 g/mol. The zero-order chi connectivity index (χ0) is 17.8. The van der Waals surface area contributed by atoms with Gasteiger partial charge in [0, 0.05) is 11.8 Å². The first-order chi connectivity index (χ1) is 12.1. The third kappa shape index (κ3) is 3.71. The predicted octanol–water partition coefficient (Wildman–Crippen LogP) is 4.15. The maximum atomic E-state index is 12.4. The van der Waals surface area contributed by atoms with Gasteiger partial charge in [-0.25, -0.2) is 9.59 Å². The third-order valence-electron chi connectivity index (χ3n) is 3.76. The minimum Gasteiger partial charge on any atom is -0.479 e. The van der Waals surface area contributed by atoms with Gasteiger partial charge in [0.1, 0.15) is 17.1 Å². The molecule has 3 aromatic rings. The second-order valence-electron chi connectivity index (χ2n) is 5.57. The van der Waals surface area contributed by atoms with Crippen LogP contribution in [-0.2, 0) is 16.0 Å². The lowest BCUT2D eigenvalue weighted by Crippen LogP contribution is -2.28. The van der Waals surface area contributed by atoms with Crippen molar-refractivity contribution in [3.8, 4) is 5.75 Å². The van der Waals surface area contributed by atoms with Crippen LogP contribution in [0.5, 0.6) is 5.75 Å². The van der Waals surface area contributed by atoms with E-state index in [4.69, 9.17) is 13.9 Å². The number of furan rings is 1. The van der Waals surface area contributed by atoms with Gasteiger partial charge in [0.25, 0.3) is 0 Å². The molecule has 0 saturated heterocycles. The molecule has 1 unspecified atom stereocenters. The quantitative estimate of drug-likeness (QED) is 0.516. The number of hydrogen-bond acceptors (Lipinski definition) is 5. The lowest BCUT2D eigenvalue weighted by molar-refractivity contribution is -0.145. The molecule has 5 nitrogen and oxygen atoms in total. The SMILES string of the molecule is CCc1cc2c(C(=O)OC(=O)C(C)Oc3ccccc3)cccc2o1. The minimum atomic E-state index is -0.902. The molecule has 0 aliphatic rings. The molecule has 25 heavy (non-hydrogen) atoms. The summed E-state index contributed by atoms with van der Waals surface area (Å²) in [6.45, 7) is 3.50. The van der Waals surface area contributed by atoms with E-state index in [9.17, 15) is 9.59 Å². The van der Waals surface area contributed by atoms with Crippen LogP contribution < -0.4 is 4.74 Å². The summed E-state index contributed by atoms with van der Waals surface area (Å²) in [6.07, 6.45) is -0.189.